The van der Waals surface area contributed by atoms with Gasteiger partial charge >= 0.3 is 0 Å². The Hall–Kier alpha value is -0.0200. The highest BCUT2D eigenvalue weighted by molar-refractivity contribution is 9.09. The van der Waals surface area contributed by atoms with E-state index in [1.807, 2.05) is 12.1 Å². The summed E-state index contributed by atoms with van der Waals surface area (Å²) in [4.78, 5) is 0. The molecule has 0 radical (unpaired) electrons. The number of benzene rings is 1. The number of para-hydroxylation sites is 1. The fourth-order valence-electron chi connectivity index (χ4n) is 1.70. The number of halogens is 2. The van der Waals surface area contributed by atoms with E-state index in [-0.39, 0.29) is 5.41 Å². The molecule has 3 heteroatoms. The van der Waals surface area contributed by atoms with Gasteiger partial charge in [-0.2, -0.15) is 0 Å². The van der Waals surface area contributed by atoms with Crippen LogP contribution in [0.15, 0.2) is 24.3 Å². The fourth-order valence-corrected chi connectivity index (χ4v) is 3.82. The lowest BCUT2D eigenvalue weighted by Gasteiger charge is -2.29. The van der Waals surface area contributed by atoms with Gasteiger partial charge < -0.3 is 4.74 Å². The lowest BCUT2D eigenvalue weighted by atomic mass is 9.83. The molecule has 1 aromatic rings. The molecule has 90 valence electrons. The minimum absolute atomic E-state index is 0.272. The van der Waals surface area contributed by atoms with E-state index in [2.05, 4.69) is 50.9 Å². The molecule has 0 bridgehead atoms. The molecule has 0 aliphatic carbocycles. The first-order valence-corrected chi connectivity index (χ1v) is 7.69. The quantitative estimate of drug-likeness (QED) is 0.690. The molecule has 0 amide bonds. The molecule has 0 aliphatic heterocycles. The van der Waals surface area contributed by atoms with Gasteiger partial charge in [0.2, 0.25) is 0 Å². The van der Waals surface area contributed by atoms with Gasteiger partial charge in [-0.15, -0.1) is 0 Å². The molecule has 0 fully saturated rings. The van der Waals surface area contributed by atoms with Gasteiger partial charge in [-0.25, -0.2) is 0 Å². The molecule has 1 aromatic carbocycles. The summed E-state index contributed by atoms with van der Waals surface area (Å²) in [6, 6.07) is 8.26. The summed E-state index contributed by atoms with van der Waals surface area (Å²) in [7, 11) is 1.73. The Morgan fingerprint density at radius 3 is 2.31 bits per heavy atom. The van der Waals surface area contributed by atoms with Crippen LogP contribution in [0.5, 0.6) is 5.75 Å². The average molecular weight is 350 g/mol. The summed E-state index contributed by atoms with van der Waals surface area (Å²) in [5.41, 5.74) is 1.56. The Morgan fingerprint density at radius 2 is 1.81 bits per heavy atom. The minimum atomic E-state index is 0.272. The second-order valence-corrected chi connectivity index (χ2v) is 5.23. The summed E-state index contributed by atoms with van der Waals surface area (Å²) in [6.45, 7) is 2.23. The van der Waals surface area contributed by atoms with E-state index < -0.39 is 0 Å². The van der Waals surface area contributed by atoms with Gasteiger partial charge in [-0.1, -0.05) is 57.0 Å². The zero-order valence-corrected chi connectivity index (χ0v) is 13.0. The molecule has 0 N–H and O–H groups in total. The summed E-state index contributed by atoms with van der Waals surface area (Å²) in [5.74, 6) is 0.988. The monoisotopic (exact) mass is 348 g/mol. The Kier molecular flexibility index (Phi) is 5.84. The highest BCUT2D eigenvalue weighted by atomic mass is 79.9. The predicted molar refractivity (Wildman–Crippen MR) is 77.0 cm³/mol. The van der Waals surface area contributed by atoms with E-state index in [9.17, 15) is 0 Å². The van der Waals surface area contributed by atoms with Gasteiger partial charge in [-0.05, 0) is 29.9 Å². The van der Waals surface area contributed by atoms with Crippen molar-refractivity contribution in [2.45, 2.75) is 19.8 Å². The first kappa shape index (κ1) is 14.0. The maximum Gasteiger partial charge on any atom is 0.122 e. The second-order valence-electron chi connectivity index (χ2n) is 4.11. The van der Waals surface area contributed by atoms with Gasteiger partial charge in [0.05, 0.1) is 7.11 Å². The van der Waals surface area contributed by atoms with Crippen LogP contribution >= 0.6 is 31.9 Å². The van der Waals surface area contributed by atoms with Crippen LogP contribution in [0.1, 0.15) is 18.9 Å². The minimum Gasteiger partial charge on any atom is -0.496 e. The van der Waals surface area contributed by atoms with Crippen molar-refractivity contribution in [3.8, 4) is 5.75 Å². The van der Waals surface area contributed by atoms with Crippen LogP contribution in [0, 0.1) is 5.41 Å². The molecule has 0 heterocycles. The van der Waals surface area contributed by atoms with Gasteiger partial charge in [0, 0.05) is 10.7 Å². The van der Waals surface area contributed by atoms with Crippen molar-refractivity contribution in [3.05, 3.63) is 29.8 Å². The van der Waals surface area contributed by atoms with Crippen molar-refractivity contribution in [1.82, 2.24) is 0 Å². The number of alkyl halides is 2. The Bertz CT molecular complexity index is 313. The first-order chi connectivity index (χ1) is 7.71. The Balaban J connectivity index is 2.93. The molecule has 0 unspecified atom stereocenters. The fraction of sp³-hybridized carbons (Fsp3) is 0.538. The summed E-state index contributed by atoms with van der Waals surface area (Å²) >= 11 is 7.25. The zero-order valence-electron chi connectivity index (χ0n) is 9.80. The lowest BCUT2D eigenvalue weighted by molar-refractivity contribution is 0.357. The third kappa shape index (κ3) is 3.24. The largest absolute Gasteiger partial charge is 0.496 e. The second kappa shape index (κ2) is 6.65. The van der Waals surface area contributed by atoms with E-state index in [0.29, 0.717) is 0 Å². The SMILES string of the molecule is CCC(CBr)(CBr)Cc1ccccc1OC. The summed E-state index contributed by atoms with van der Waals surface area (Å²) in [6.07, 6.45) is 2.17. The van der Waals surface area contributed by atoms with Crippen molar-refractivity contribution in [2.24, 2.45) is 5.41 Å². The normalized spacial score (nSPS) is 11.5. The number of rotatable bonds is 6. The molecular formula is C13H18Br2O. The summed E-state index contributed by atoms with van der Waals surface area (Å²) < 4.78 is 5.39. The third-order valence-corrected chi connectivity index (χ3v) is 5.45. The highest BCUT2D eigenvalue weighted by Crippen LogP contribution is 2.34. The molecule has 0 spiro atoms. The maximum absolute atomic E-state index is 5.39. The topological polar surface area (TPSA) is 9.23 Å². The van der Waals surface area contributed by atoms with Gasteiger partial charge in [0.15, 0.2) is 0 Å². The van der Waals surface area contributed by atoms with Crippen LogP contribution in [0.2, 0.25) is 0 Å². The molecule has 0 saturated heterocycles. The molecule has 1 rings (SSSR count). The van der Waals surface area contributed by atoms with Crippen LogP contribution in [-0.4, -0.2) is 17.8 Å². The zero-order chi connectivity index (χ0) is 12.0. The maximum atomic E-state index is 5.39. The molecule has 0 saturated carbocycles. The van der Waals surface area contributed by atoms with E-state index in [1.54, 1.807) is 7.11 Å². The lowest BCUT2D eigenvalue weighted by Crippen LogP contribution is -2.26. The van der Waals surface area contributed by atoms with Crippen LogP contribution in [-0.2, 0) is 6.42 Å². The van der Waals surface area contributed by atoms with E-state index >= 15 is 0 Å². The Labute approximate surface area is 115 Å². The smallest absolute Gasteiger partial charge is 0.122 e. The van der Waals surface area contributed by atoms with Crippen molar-refractivity contribution < 1.29 is 4.74 Å². The molecule has 0 aromatic heterocycles. The molecule has 1 nitrogen and oxygen atoms in total. The van der Waals surface area contributed by atoms with E-state index in [0.717, 1.165) is 29.3 Å². The van der Waals surface area contributed by atoms with Crippen molar-refractivity contribution in [2.75, 3.05) is 17.8 Å². The summed E-state index contributed by atoms with van der Waals surface area (Å²) in [5, 5.41) is 2.00. The first-order valence-electron chi connectivity index (χ1n) is 5.45. The van der Waals surface area contributed by atoms with Gasteiger partial charge in [0.1, 0.15) is 5.75 Å². The average Bonchev–Trinajstić information content (AvgIpc) is 2.36. The number of methoxy groups -OCH3 is 1. The van der Waals surface area contributed by atoms with E-state index in [4.69, 9.17) is 4.74 Å². The van der Waals surface area contributed by atoms with Crippen molar-refractivity contribution in [1.29, 1.82) is 0 Å². The molecular weight excluding hydrogens is 332 g/mol. The van der Waals surface area contributed by atoms with Crippen molar-refractivity contribution >= 4 is 31.9 Å². The van der Waals surface area contributed by atoms with Crippen LogP contribution in [0.25, 0.3) is 0 Å². The standard InChI is InChI=1S/C13H18Br2O/c1-3-13(9-14,10-15)8-11-6-4-5-7-12(11)16-2/h4-7H,3,8-10H2,1-2H3. The number of hydrogen-bond acceptors (Lipinski definition) is 1. The third-order valence-electron chi connectivity index (χ3n) is 3.07. The number of ether oxygens (including phenoxy) is 1. The van der Waals surface area contributed by atoms with Crippen molar-refractivity contribution in [3.63, 3.8) is 0 Å². The number of hydrogen-bond donors (Lipinski definition) is 0. The van der Waals surface area contributed by atoms with E-state index in [1.165, 1.54) is 5.56 Å². The van der Waals surface area contributed by atoms with Crippen LogP contribution < -0.4 is 4.74 Å². The Morgan fingerprint density at radius 1 is 1.19 bits per heavy atom. The molecule has 0 atom stereocenters. The van der Waals surface area contributed by atoms with Crippen LogP contribution in [0.4, 0.5) is 0 Å². The molecule has 0 aliphatic rings. The van der Waals surface area contributed by atoms with Gasteiger partial charge in [0.25, 0.3) is 0 Å². The van der Waals surface area contributed by atoms with Gasteiger partial charge in [-0.3, -0.25) is 0 Å². The highest BCUT2D eigenvalue weighted by Gasteiger charge is 2.27. The predicted octanol–water partition coefficient (Wildman–Crippen LogP) is 4.42. The molecule has 16 heavy (non-hydrogen) atoms. The van der Waals surface area contributed by atoms with Crippen LogP contribution in [0.3, 0.4) is 0 Å².